The third-order valence-electron chi connectivity index (χ3n) is 17.3. The summed E-state index contributed by atoms with van der Waals surface area (Å²) in [5.41, 5.74) is 16.3. The zero-order valence-electron chi connectivity index (χ0n) is 44.6. The van der Waals surface area contributed by atoms with E-state index in [-0.39, 0.29) is 0 Å². The smallest absolute Gasteiger partial charge is 0.162 e. The monoisotopic (exact) mass is 1110 g/mol. The molecule has 0 fully saturated rings. The van der Waals surface area contributed by atoms with Crippen LogP contribution in [0.1, 0.15) is 0 Å². The van der Waals surface area contributed by atoms with Crippen molar-refractivity contribution < 1.29 is 0 Å². The minimum absolute atomic E-state index is 0.686. The van der Waals surface area contributed by atoms with Crippen LogP contribution in [-0.2, 0) is 0 Å². The zero-order chi connectivity index (χ0) is 54.7. The van der Waals surface area contributed by atoms with Gasteiger partial charge in [-0.3, -0.25) is 9.13 Å². The van der Waals surface area contributed by atoms with E-state index in [9.17, 15) is 0 Å². The second-order valence-corrected chi connectivity index (χ2v) is 23.9. The maximum Gasteiger partial charge on any atom is 0.162 e. The lowest BCUT2D eigenvalue weighted by atomic mass is 10.0. The van der Waals surface area contributed by atoms with Gasteiger partial charge in [-0.05, 0) is 96.1 Å². The Morgan fingerprint density at radius 1 is 0.262 bits per heavy atom. The molecule has 0 aliphatic carbocycles. The fourth-order valence-electron chi connectivity index (χ4n) is 13.6. The number of hydrogen-bond acceptors (Lipinski definition) is 6. The summed E-state index contributed by atoms with van der Waals surface area (Å²) < 4.78 is 14.0. The van der Waals surface area contributed by atoms with Crippen LogP contribution >= 0.6 is 22.7 Å². The molecule has 84 heavy (non-hydrogen) atoms. The molecule has 10 heteroatoms. The maximum absolute atomic E-state index is 5.59. The number of thiophene rings is 2. The van der Waals surface area contributed by atoms with Crippen molar-refractivity contribution in [2.24, 2.45) is 0 Å². The molecule has 19 aromatic rings. The molecule has 0 saturated heterocycles. The minimum Gasteiger partial charge on any atom is -0.309 e. The number of benzene rings is 11. The Labute approximate surface area is 486 Å². The Morgan fingerprint density at radius 2 is 0.702 bits per heavy atom. The number of aromatic nitrogens is 8. The van der Waals surface area contributed by atoms with Gasteiger partial charge in [0.15, 0.2) is 17.5 Å². The number of nitrogens with zero attached hydrogens (tertiary/aromatic N) is 8. The van der Waals surface area contributed by atoms with E-state index >= 15 is 0 Å². The fourth-order valence-corrected chi connectivity index (χ4v) is 15.9. The molecule has 0 bridgehead atoms. The summed E-state index contributed by atoms with van der Waals surface area (Å²) >= 11 is 3.51. The Bertz CT molecular complexity index is 5960. The number of fused-ring (bicyclic) bond motifs is 18. The molecule has 8 heterocycles. The van der Waals surface area contributed by atoms with Crippen molar-refractivity contribution in [3.05, 3.63) is 255 Å². The van der Waals surface area contributed by atoms with Gasteiger partial charge in [0.2, 0.25) is 0 Å². The molecule has 0 saturated carbocycles. The summed E-state index contributed by atoms with van der Waals surface area (Å²) in [5.74, 6) is 2.44. The van der Waals surface area contributed by atoms with Gasteiger partial charge in [-0.1, -0.05) is 164 Å². The van der Waals surface area contributed by atoms with Crippen molar-refractivity contribution in [1.82, 2.24) is 38.2 Å². The molecule has 8 nitrogen and oxygen atoms in total. The summed E-state index contributed by atoms with van der Waals surface area (Å²) in [6, 6.07) is 90.2. The predicted molar refractivity (Wildman–Crippen MR) is 352 cm³/mol. The van der Waals surface area contributed by atoms with Crippen molar-refractivity contribution in [2.45, 2.75) is 0 Å². The molecule has 0 unspecified atom stereocenters. The summed E-state index contributed by atoms with van der Waals surface area (Å²) in [7, 11) is 0. The molecule has 11 aromatic carbocycles. The lowest BCUT2D eigenvalue weighted by Crippen LogP contribution is -2.02. The van der Waals surface area contributed by atoms with Crippen LogP contribution in [0.4, 0.5) is 0 Å². The van der Waals surface area contributed by atoms with Crippen LogP contribution in [0.2, 0.25) is 0 Å². The van der Waals surface area contributed by atoms with E-state index < -0.39 is 0 Å². The highest BCUT2D eigenvalue weighted by atomic mass is 32.1. The molecule has 8 aromatic heterocycles. The number of para-hydroxylation sites is 5. The third-order valence-corrected chi connectivity index (χ3v) is 19.6. The Balaban J connectivity index is 0.790. The van der Waals surface area contributed by atoms with E-state index in [4.69, 9.17) is 19.9 Å². The number of rotatable bonds is 6. The fraction of sp³-hybridized carbons (Fsp3) is 0. The normalized spacial score (nSPS) is 12.3. The molecule has 390 valence electrons. The highest BCUT2D eigenvalue weighted by Crippen LogP contribution is 2.45. The average molecular weight is 1110 g/mol. The molecule has 0 atom stereocenters. The number of hydrogen-bond donors (Lipinski definition) is 0. The highest BCUT2D eigenvalue weighted by Gasteiger charge is 2.25. The Kier molecular flexibility index (Phi) is 9.49. The lowest BCUT2D eigenvalue weighted by Gasteiger charge is -2.12. The van der Waals surface area contributed by atoms with Gasteiger partial charge in [0.1, 0.15) is 6.33 Å². The van der Waals surface area contributed by atoms with Crippen molar-refractivity contribution in [3.63, 3.8) is 0 Å². The van der Waals surface area contributed by atoms with Gasteiger partial charge in [0.05, 0.1) is 64.6 Å². The van der Waals surface area contributed by atoms with Crippen LogP contribution in [0, 0.1) is 0 Å². The summed E-state index contributed by atoms with van der Waals surface area (Å²) in [5, 5.41) is 11.8. The Hall–Kier alpha value is -10.8. The van der Waals surface area contributed by atoms with Crippen LogP contribution in [0.25, 0.3) is 173 Å². The van der Waals surface area contributed by atoms with Gasteiger partial charge in [-0.2, -0.15) is 0 Å². The third kappa shape index (κ3) is 6.46. The van der Waals surface area contributed by atoms with Gasteiger partial charge < -0.3 is 9.13 Å². The standard InChI is InChI=1S/C74H42N8S2/c1-2-16-43(17-3-1)72-77-69-57-39-45(31-37-67(57)84-71(69)74(78-72)82-62-28-14-7-21-51(62)54-35-32-46(41-65(54)82)79-58-24-10-4-18-48(58)49-19-5-11-25-59(49)79)44-30-36-63-56(38-44)52-22-8-12-26-60(52)80(63)47-33-34-53-50-20-6-13-27-61(50)81(64(53)40-47)73-70-68(75-42-76-73)55-23-9-15-29-66(55)83-70/h1-42H. The van der Waals surface area contributed by atoms with E-state index in [1.165, 1.54) is 58.8 Å². The predicted octanol–water partition coefficient (Wildman–Crippen LogP) is 19.7. The SMILES string of the molecule is c1ccc(-c2nc(-n3c4ccccc4c4ccc(-n5c6ccccc6c6ccccc65)cc43)c3sc4ccc(-c5ccc6c(c5)c5ccccc5n6-c5ccc6c7ccccc7n(-c7ncnc8c7sc7ccccc78)c6c5)cc4c3n2)cc1. The first-order chi connectivity index (χ1) is 41.7. The van der Waals surface area contributed by atoms with E-state index in [1.807, 2.05) is 0 Å². The molecule has 0 N–H and O–H groups in total. The van der Waals surface area contributed by atoms with Crippen molar-refractivity contribution in [1.29, 1.82) is 0 Å². The Morgan fingerprint density at radius 3 is 1.30 bits per heavy atom. The van der Waals surface area contributed by atoms with Crippen LogP contribution in [0.15, 0.2) is 255 Å². The van der Waals surface area contributed by atoms with Gasteiger partial charge >= 0.3 is 0 Å². The highest BCUT2D eigenvalue weighted by molar-refractivity contribution is 7.26. The van der Waals surface area contributed by atoms with Gasteiger partial charge in [0, 0.05) is 80.2 Å². The van der Waals surface area contributed by atoms with Crippen molar-refractivity contribution >= 4 is 151 Å². The van der Waals surface area contributed by atoms with E-state index in [2.05, 4.69) is 267 Å². The minimum atomic E-state index is 0.686. The quantitative estimate of drug-likeness (QED) is 0.166. The average Bonchev–Trinajstić information content (AvgIpc) is 2.90. The molecule has 0 spiro atoms. The van der Waals surface area contributed by atoms with Crippen molar-refractivity contribution in [2.75, 3.05) is 0 Å². The lowest BCUT2D eigenvalue weighted by molar-refractivity contribution is 1.07. The zero-order valence-corrected chi connectivity index (χ0v) is 46.3. The summed E-state index contributed by atoms with van der Waals surface area (Å²) in [6.07, 6.45) is 1.72. The van der Waals surface area contributed by atoms with Gasteiger partial charge in [0.25, 0.3) is 0 Å². The first-order valence-electron chi connectivity index (χ1n) is 28.2. The molecule has 19 rings (SSSR count). The van der Waals surface area contributed by atoms with E-state index in [0.717, 1.165) is 109 Å². The first kappa shape index (κ1) is 45.9. The molecular formula is C74H42N8S2. The topological polar surface area (TPSA) is 71.3 Å². The van der Waals surface area contributed by atoms with Gasteiger partial charge in [-0.15, -0.1) is 22.7 Å². The van der Waals surface area contributed by atoms with Crippen LogP contribution in [0.3, 0.4) is 0 Å². The van der Waals surface area contributed by atoms with Crippen LogP contribution in [-0.4, -0.2) is 38.2 Å². The first-order valence-corrected chi connectivity index (χ1v) is 29.8. The molecule has 0 aliphatic heterocycles. The second-order valence-electron chi connectivity index (χ2n) is 21.8. The summed E-state index contributed by atoms with van der Waals surface area (Å²) in [4.78, 5) is 21.0. The summed E-state index contributed by atoms with van der Waals surface area (Å²) in [6.45, 7) is 0. The molecule has 0 aliphatic rings. The van der Waals surface area contributed by atoms with Gasteiger partial charge in [-0.25, -0.2) is 19.9 Å². The van der Waals surface area contributed by atoms with Crippen LogP contribution < -0.4 is 0 Å². The second kappa shape index (κ2) is 17.4. The van der Waals surface area contributed by atoms with Crippen LogP contribution in [0.5, 0.6) is 0 Å². The largest absolute Gasteiger partial charge is 0.309 e. The molecule has 0 amide bonds. The maximum atomic E-state index is 5.59. The van der Waals surface area contributed by atoms with E-state index in [1.54, 1.807) is 29.0 Å². The van der Waals surface area contributed by atoms with E-state index in [0.29, 0.717) is 5.82 Å². The molecular weight excluding hydrogens is 1070 g/mol. The molecule has 0 radical (unpaired) electrons. The van der Waals surface area contributed by atoms with Crippen molar-refractivity contribution in [3.8, 4) is 45.5 Å².